The van der Waals surface area contributed by atoms with E-state index in [1.54, 1.807) is 19.1 Å². The average molecular weight is 200 g/mol. The van der Waals surface area contributed by atoms with Crippen molar-refractivity contribution in [1.82, 2.24) is 0 Å². The maximum absolute atomic E-state index is 11.4. The summed E-state index contributed by atoms with van der Waals surface area (Å²) in [7, 11) is 0. The molecule has 0 heterocycles. The molecule has 0 radical (unpaired) electrons. The minimum absolute atomic E-state index is 0.0322. The lowest BCUT2D eigenvalue weighted by Gasteiger charge is -2.07. The van der Waals surface area contributed by atoms with Crippen molar-refractivity contribution in [3.8, 4) is 0 Å². The van der Waals surface area contributed by atoms with Crippen molar-refractivity contribution in [2.75, 3.05) is 11.5 Å². The molecule has 0 aliphatic rings. The van der Waals surface area contributed by atoms with E-state index in [0.29, 0.717) is 16.9 Å². The maximum atomic E-state index is 11.4. The SMILES string of the molecule is CC(=O)c1cccc2c(N)c(N)ccc12. The van der Waals surface area contributed by atoms with Gasteiger partial charge in [0.05, 0.1) is 11.4 Å². The molecule has 2 aromatic rings. The van der Waals surface area contributed by atoms with E-state index in [1.807, 2.05) is 18.2 Å². The molecule has 4 N–H and O–H groups in total. The van der Waals surface area contributed by atoms with Crippen LogP contribution in [-0.2, 0) is 0 Å². The Kier molecular flexibility index (Phi) is 2.08. The fourth-order valence-electron chi connectivity index (χ4n) is 1.71. The van der Waals surface area contributed by atoms with Gasteiger partial charge in [0, 0.05) is 10.9 Å². The van der Waals surface area contributed by atoms with Crippen molar-refractivity contribution in [2.45, 2.75) is 6.92 Å². The summed E-state index contributed by atoms with van der Waals surface area (Å²) in [4.78, 5) is 11.4. The predicted molar refractivity (Wildman–Crippen MR) is 62.8 cm³/mol. The van der Waals surface area contributed by atoms with Crippen LogP contribution in [0.2, 0.25) is 0 Å². The molecule has 0 saturated heterocycles. The van der Waals surface area contributed by atoms with Gasteiger partial charge in [-0.3, -0.25) is 4.79 Å². The van der Waals surface area contributed by atoms with E-state index in [9.17, 15) is 4.79 Å². The molecule has 0 spiro atoms. The van der Waals surface area contributed by atoms with E-state index >= 15 is 0 Å². The lowest BCUT2D eigenvalue weighted by atomic mass is 10.0. The summed E-state index contributed by atoms with van der Waals surface area (Å²) in [5.74, 6) is 0.0322. The second kappa shape index (κ2) is 3.28. The van der Waals surface area contributed by atoms with Gasteiger partial charge >= 0.3 is 0 Å². The minimum Gasteiger partial charge on any atom is -0.397 e. The molecule has 0 fully saturated rings. The molecule has 2 aromatic carbocycles. The Bertz CT molecular complexity index is 547. The number of benzene rings is 2. The zero-order chi connectivity index (χ0) is 11.0. The second-order valence-corrected chi connectivity index (χ2v) is 3.53. The predicted octanol–water partition coefficient (Wildman–Crippen LogP) is 2.21. The van der Waals surface area contributed by atoms with Crippen LogP contribution in [0, 0.1) is 0 Å². The fourth-order valence-corrected chi connectivity index (χ4v) is 1.71. The molecule has 3 heteroatoms. The highest BCUT2D eigenvalue weighted by molar-refractivity contribution is 6.11. The Morgan fingerprint density at radius 3 is 2.47 bits per heavy atom. The number of hydrogen-bond acceptors (Lipinski definition) is 3. The van der Waals surface area contributed by atoms with Gasteiger partial charge in [-0.25, -0.2) is 0 Å². The van der Waals surface area contributed by atoms with E-state index in [2.05, 4.69) is 0 Å². The number of carbonyl (C=O) groups excluding carboxylic acids is 1. The number of fused-ring (bicyclic) bond motifs is 1. The Morgan fingerprint density at radius 1 is 1.07 bits per heavy atom. The summed E-state index contributed by atoms with van der Waals surface area (Å²) in [6.45, 7) is 1.54. The normalized spacial score (nSPS) is 10.5. The molecule has 0 aliphatic heterocycles. The summed E-state index contributed by atoms with van der Waals surface area (Å²) in [5.41, 5.74) is 13.3. The highest BCUT2D eigenvalue weighted by atomic mass is 16.1. The van der Waals surface area contributed by atoms with Crippen LogP contribution in [0.25, 0.3) is 10.8 Å². The molecule has 2 rings (SSSR count). The molecule has 0 bridgehead atoms. The average Bonchev–Trinajstić information content (AvgIpc) is 2.23. The van der Waals surface area contributed by atoms with Gasteiger partial charge < -0.3 is 11.5 Å². The summed E-state index contributed by atoms with van der Waals surface area (Å²) in [5, 5.41) is 1.69. The zero-order valence-electron chi connectivity index (χ0n) is 8.45. The summed E-state index contributed by atoms with van der Waals surface area (Å²) in [6.07, 6.45) is 0. The van der Waals surface area contributed by atoms with Crippen LogP contribution in [0.3, 0.4) is 0 Å². The number of anilines is 2. The largest absolute Gasteiger partial charge is 0.397 e. The standard InChI is InChI=1S/C12H12N2O/c1-7(15)8-3-2-4-10-9(8)5-6-11(13)12(10)14/h2-6H,13-14H2,1H3. The Hall–Kier alpha value is -2.03. The second-order valence-electron chi connectivity index (χ2n) is 3.53. The van der Waals surface area contributed by atoms with Gasteiger partial charge in [0.15, 0.2) is 5.78 Å². The molecule has 3 nitrogen and oxygen atoms in total. The van der Waals surface area contributed by atoms with Crippen LogP contribution in [0.4, 0.5) is 11.4 Å². The van der Waals surface area contributed by atoms with Crippen molar-refractivity contribution in [2.24, 2.45) is 0 Å². The first-order valence-electron chi connectivity index (χ1n) is 4.69. The molecule has 0 atom stereocenters. The first-order valence-corrected chi connectivity index (χ1v) is 4.69. The topological polar surface area (TPSA) is 69.1 Å². The molecule has 15 heavy (non-hydrogen) atoms. The first-order chi connectivity index (χ1) is 7.11. The molecule has 76 valence electrons. The highest BCUT2D eigenvalue weighted by Crippen LogP contribution is 2.28. The molecule has 0 amide bonds. The van der Waals surface area contributed by atoms with Crippen LogP contribution in [0.5, 0.6) is 0 Å². The Labute approximate surface area is 87.7 Å². The van der Waals surface area contributed by atoms with Gasteiger partial charge in [-0.15, -0.1) is 0 Å². The number of nitrogen functional groups attached to an aromatic ring is 2. The summed E-state index contributed by atoms with van der Waals surface area (Å²) >= 11 is 0. The van der Waals surface area contributed by atoms with Gasteiger partial charge in [0.1, 0.15) is 0 Å². The van der Waals surface area contributed by atoms with Crippen LogP contribution in [0.1, 0.15) is 17.3 Å². The van der Waals surface area contributed by atoms with E-state index in [-0.39, 0.29) is 5.78 Å². The number of Topliss-reactive ketones (excluding diaryl/α,β-unsaturated/α-hetero) is 1. The summed E-state index contributed by atoms with van der Waals surface area (Å²) in [6, 6.07) is 9.03. The van der Waals surface area contributed by atoms with Gasteiger partial charge in [-0.1, -0.05) is 24.3 Å². The molecule has 0 unspecified atom stereocenters. The number of carbonyl (C=O) groups is 1. The fraction of sp³-hybridized carbons (Fsp3) is 0.0833. The molecule has 0 aliphatic carbocycles. The smallest absolute Gasteiger partial charge is 0.160 e. The monoisotopic (exact) mass is 200 g/mol. The van der Waals surface area contributed by atoms with E-state index < -0.39 is 0 Å². The van der Waals surface area contributed by atoms with E-state index in [4.69, 9.17) is 11.5 Å². The maximum Gasteiger partial charge on any atom is 0.160 e. The quantitative estimate of drug-likeness (QED) is 0.547. The van der Waals surface area contributed by atoms with Gasteiger partial charge in [0.2, 0.25) is 0 Å². The van der Waals surface area contributed by atoms with Gasteiger partial charge in [-0.2, -0.15) is 0 Å². The Morgan fingerprint density at radius 2 is 1.80 bits per heavy atom. The van der Waals surface area contributed by atoms with Gasteiger partial charge in [-0.05, 0) is 18.4 Å². The lowest BCUT2D eigenvalue weighted by Crippen LogP contribution is -1.98. The lowest BCUT2D eigenvalue weighted by molar-refractivity contribution is 0.101. The van der Waals surface area contributed by atoms with Crippen molar-refractivity contribution < 1.29 is 4.79 Å². The molecular formula is C12H12N2O. The third-order valence-corrected chi connectivity index (χ3v) is 2.52. The molecular weight excluding hydrogens is 188 g/mol. The van der Waals surface area contributed by atoms with E-state index in [1.165, 1.54) is 0 Å². The Balaban J connectivity index is 2.89. The third-order valence-electron chi connectivity index (χ3n) is 2.52. The first kappa shape index (κ1) is 9.52. The molecule has 0 saturated carbocycles. The van der Waals surface area contributed by atoms with Crippen molar-refractivity contribution in [3.05, 3.63) is 35.9 Å². The van der Waals surface area contributed by atoms with Crippen molar-refractivity contribution in [3.63, 3.8) is 0 Å². The van der Waals surface area contributed by atoms with Crippen molar-refractivity contribution >= 4 is 27.9 Å². The number of hydrogen-bond donors (Lipinski definition) is 2. The number of rotatable bonds is 1. The zero-order valence-corrected chi connectivity index (χ0v) is 8.45. The van der Waals surface area contributed by atoms with Crippen LogP contribution in [0.15, 0.2) is 30.3 Å². The van der Waals surface area contributed by atoms with Crippen molar-refractivity contribution in [1.29, 1.82) is 0 Å². The van der Waals surface area contributed by atoms with E-state index in [0.717, 1.165) is 10.8 Å². The summed E-state index contributed by atoms with van der Waals surface area (Å²) < 4.78 is 0. The minimum atomic E-state index is 0.0322. The number of ketones is 1. The van der Waals surface area contributed by atoms with Crippen LogP contribution in [-0.4, -0.2) is 5.78 Å². The van der Waals surface area contributed by atoms with Crippen LogP contribution >= 0.6 is 0 Å². The van der Waals surface area contributed by atoms with Gasteiger partial charge in [0.25, 0.3) is 0 Å². The van der Waals surface area contributed by atoms with Crippen LogP contribution < -0.4 is 11.5 Å². The molecule has 0 aromatic heterocycles. The third kappa shape index (κ3) is 1.42. The highest BCUT2D eigenvalue weighted by Gasteiger charge is 2.08. The number of nitrogens with two attached hydrogens (primary N) is 2.